The Labute approximate surface area is 136 Å². The van der Waals surface area contributed by atoms with Gasteiger partial charge in [0.1, 0.15) is 11.5 Å². The van der Waals surface area contributed by atoms with E-state index in [9.17, 15) is 4.79 Å². The third kappa shape index (κ3) is 3.29. The van der Waals surface area contributed by atoms with Gasteiger partial charge in [-0.15, -0.1) is 0 Å². The van der Waals surface area contributed by atoms with E-state index < -0.39 is 0 Å². The summed E-state index contributed by atoms with van der Waals surface area (Å²) in [7, 11) is 0. The van der Waals surface area contributed by atoms with E-state index >= 15 is 0 Å². The van der Waals surface area contributed by atoms with Crippen molar-refractivity contribution in [3.63, 3.8) is 0 Å². The lowest BCUT2D eigenvalue weighted by Crippen LogP contribution is -2.03. The number of anilines is 1. The molecule has 0 bridgehead atoms. The van der Waals surface area contributed by atoms with Gasteiger partial charge >= 0.3 is 5.97 Å². The molecule has 0 fully saturated rings. The Morgan fingerprint density at radius 2 is 2.12 bits per heavy atom. The summed E-state index contributed by atoms with van der Waals surface area (Å²) < 4.78 is 10.6. The zero-order chi connectivity index (χ0) is 16.9. The number of hydrogen-bond donors (Lipinski definition) is 1. The molecule has 9 heteroatoms. The first-order chi connectivity index (χ1) is 11.7. The number of carbonyl (C=O) groups excluding carboxylic acids is 1. The minimum Gasteiger partial charge on any atom is -0.462 e. The van der Waals surface area contributed by atoms with Crippen LogP contribution >= 0.6 is 0 Å². The molecule has 0 aliphatic rings. The van der Waals surface area contributed by atoms with Gasteiger partial charge in [-0.2, -0.15) is 5.10 Å². The van der Waals surface area contributed by atoms with Crippen LogP contribution in [0.2, 0.25) is 0 Å². The number of nitrogens with two attached hydrogens (primary N) is 1. The van der Waals surface area contributed by atoms with Crippen LogP contribution in [0.3, 0.4) is 0 Å². The highest BCUT2D eigenvalue weighted by atomic mass is 16.5. The molecule has 3 rings (SSSR count). The molecule has 0 radical (unpaired) electrons. The van der Waals surface area contributed by atoms with Crippen LogP contribution in [0.1, 0.15) is 23.0 Å². The Kier molecular flexibility index (Phi) is 4.32. The fourth-order valence-corrected chi connectivity index (χ4v) is 1.95. The molecule has 24 heavy (non-hydrogen) atoms. The summed E-state index contributed by atoms with van der Waals surface area (Å²) in [6.45, 7) is 2.11. The molecular formula is C15H14N6O3. The predicted octanol–water partition coefficient (Wildman–Crippen LogP) is 1.57. The summed E-state index contributed by atoms with van der Waals surface area (Å²) in [4.78, 5) is 12.7. The van der Waals surface area contributed by atoms with E-state index in [0.29, 0.717) is 23.7 Å². The number of rotatable bonds is 5. The number of furan rings is 1. The summed E-state index contributed by atoms with van der Waals surface area (Å²) in [6.07, 6.45) is 1.45. The number of carbonyl (C=O) groups is 1. The second kappa shape index (κ2) is 6.73. The monoisotopic (exact) mass is 326 g/mol. The highest BCUT2D eigenvalue weighted by Crippen LogP contribution is 2.22. The molecule has 0 spiro atoms. The minimum absolute atomic E-state index is 0.0765. The molecule has 0 amide bonds. The lowest BCUT2D eigenvalue weighted by Gasteiger charge is -2.02. The lowest BCUT2D eigenvalue weighted by molar-refractivity contribution is 0.0526. The number of ether oxygens (including phenoxy) is 1. The maximum Gasteiger partial charge on any atom is 0.338 e. The van der Waals surface area contributed by atoms with Gasteiger partial charge in [0.2, 0.25) is 0 Å². The van der Waals surface area contributed by atoms with Gasteiger partial charge in [0, 0.05) is 5.56 Å². The molecule has 0 aliphatic heterocycles. The summed E-state index contributed by atoms with van der Waals surface area (Å²) in [5.41, 5.74) is 6.82. The molecule has 0 atom stereocenters. The molecule has 3 aromatic rings. The van der Waals surface area contributed by atoms with Gasteiger partial charge in [0.15, 0.2) is 0 Å². The Morgan fingerprint density at radius 1 is 1.33 bits per heavy atom. The van der Waals surface area contributed by atoms with Crippen LogP contribution in [0.25, 0.3) is 11.3 Å². The number of esters is 1. The summed E-state index contributed by atoms with van der Waals surface area (Å²) in [5, 5.41) is 14.5. The topological polar surface area (TPSA) is 121 Å². The van der Waals surface area contributed by atoms with E-state index in [1.165, 1.54) is 6.21 Å². The Hall–Kier alpha value is -3.49. The van der Waals surface area contributed by atoms with Crippen molar-refractivity contribution in [3.8, 4) is 11.3 Å². The van der Waals surface area contributed by atoms with Crippen LogP contribution in [0.4, 0.5) is 5.95 Å². The number of nitrogen functional groups attached to an aromatic ring is 1. The molecule has 1 aromatic carbocycles. The minimum atomic E-state index is -0.352. The largest absolute Gasteiger partial charge is 0.462 e. The highest BCUT2D eigenvalue weighted by Gasteiger charge is 2.08. The summed E-state index contributed by atoms with van der Waals surface area (Å²) >= 11 is 0. The number of tetrazole rings is 1. The van der Waals surface area contributed by atoms with Gasteiger partial charge in [0.05, 0.1) is 18.4 Å². The van der Waals surface area contributed by atoms with Gasteiger partial charge in [0.25, 0.3) is 5.95 Å². The normalized spacial score (nSPS) is 11.0. The summed E-state index contributed by atoms with van der Waals surface area (Å²) in [6, 6.07) is 10.5. The maximum atomic E-state index is 11.6. The van der Waals surface area contributed by atoms with E-state index in [1.807, 2.05) is 0 Å². The molecule has 0 aliphatic carbocycles. The van der Waals surface area contributed by atoms with Gasteiger partial charge in [-0.05, 0) is 41.6 Å². The number of aromatic nitrogens is 4. The lowest BCUT2D eigenvalue weighted by atomic mass is 10.1. The highest BCUT2D eigenvalue weighted by molar-refractivity contribution is 5.90. The van der Waals surface area contributed by atoms with Crippen LogP contribution in [0.5, 0.6) is 0 Å². The Morgan fingerprint density at radius 3 is 2.79 bits per heavy atom. The van der Waals surface area contributed by atoms with Crippen molar-refractivity contribution in [2.45, 2.75) is 6.92 Å². The maximum absolute atomic E-state index is 11.6. The SMILES string of the molecule is CCOC(=O)c1ccc(-c2ccc(C=Nn3nnnc3N)o2)cc1. The third-order valence-electron chi connectivity index (χ3n) is 3.08. The molecular weight excluding hydrogens is 312 g/mol. The molecule has 122 valence electrons. The first-order valence-electron chi connectivity index (χ1n) is 7.13. The van der Waals surface area contributed by atoms with Gasteiger partial charge in [-0.1, -0.05) is 22.0 Å². The van der Waals surface area contributed by atoms with Crippen molar-refractivity contribution in [1.29, 1.82) is 0 Å². The quantitative estimate of drug-likeness (QED) is 0.558. The number of nitrogens with zero attached hydrogens (tertiary/aromatic N) is 5. The molecule has 9 nitrogen and oxygen atoms in total. The molecule has 0 unspecified atom stereocenters. The van der Waals surface area contributed by atoms with Gasteiger partial charge in [-0.3, -0.25) is 0 Å². The second-order valence-corrected chi connectivity index (χ2v) is 4.67. The van der Waals surface area contributed by atoms with Crippen LogP contribution in [-0.2, 0) is 4.74 Å². The number of benzene rings is 1. The first kappa shape index (κ1) is 15.4. The Bertz CT molecular complexity index is 865. The van der Waals surface area contributed by atoms with Crippen molar-refractivity contribution in [2.75, 3.05) is 12.3 Å². The molecule has 0 saturated heterocycles. The molecule has 2 heterocycles. The average Bonchev–Trinajstić information content (AvgIpc) is 3.22. The van der Waals surface area contributed by atoms with Crippen LogP contribution in [0.15, 0.2) is 45.9 Å². The van der Waals surface area contributed by atoms with Crippen molar-refractivity contribution >= 4 is 18.1 Å². The van der Waals surface area contributed by atoms with E-state index in [4.69, 9.17) is 14.9 Å². The third-order valence-corrected chi connectivity index (χ3v) is 3.08. The fraction of sp³-hybridized carbons (Fsp3) is 0.133. The van der Waals surface area contributed by atoms with Crippen molar-refractivity contribution in [2.24, 2.45) is 5.10 Å². The van der Waals surface area contributed by atoms with Crippen LogP contribution < -0.4 is 5.73 Å². The summed E-state index contributed by atoms with van der Waals surface area (Å²) in [5.74, 6) is 0.869. The second-order valence-electron chi connectivity index (χ2n) is 4.67. The average molecular weight is 326 g/mol. The van der Waals surface area contributed by atoms with E-state index in [0.717, 1.165) is 10.4 Å². The van der Waals surface area contributed by atoms with Crippen LogP contribution in [-0.4, -0.2) is 39.1 Å². The molecule has 2 aromatic heterocycles. The van der Waals surface area contributed by atoms with E-state index in [1.54, 1.807) is 43.3 Å². The number of hydrogen-bond acceptors (Lipinski definition) is 8. The Balaban J connectivity index is 1.74. The molecule has 2 N–H and O–H groups in total. The first-order valence-corrected chi connectivity index (χ1v) is 7.13. The van der Waals surface area contributed by atoms with E-state index in [2.05, 4.69) is 20.6 Å². The zero-order valence-electron chi connectivity index (χ0n) is 12.8. The van der Waals surface area contributed by atoms with Crippen molar-refractivity contribution in [1.82, 2.24) is 20.3 Å². The fourth-order valence-electron chi connectivity index (χ4n) is 1.95. The predicted molar refractivity (Wildman–Crippen MR) is 85.3 cm³/mol. The van der Waals surface area contributed by atoms with Gasteiger partial charge in [-0.25, -0.2) is 4.79 Å². The van der Waals surface area contributed by atoms with Crippen molar-refractivity contribution < 1.29 is 13.9 Å². The van der Waals surface area contributed by atoms with Crippen molar-refractivity contribution in [3.05, 3.63) is 47.7 Å². The van der Waals surface area contributed by atoms with E-state index in [-0.39, 0.29) is 11.9 Å². The van der Waals surface area contributed by atoms with Crippen LogP contribution in [0, 0.1) is 0 Å². The van der Waals surface area contributed by atoms with Gasteiger partial charge < -0.3 is 14.9 Å². The smallest absolute Gasteiger partial charge is 0.338 e. The standard InChI is InChI=1S/C15H14N6O3/c1-2-23-14(22)11-5-3-10(4-6-11)13-8-7-12(24-13)9-17-21-15(16)18-19-20-21/h3-9H,2H2,1H3,(H2,16,18,20). The molecule has 0 saturated carbocycles. The zero-order valence-corrected chi connectivity index (χ0v) is 12.8.